The molecule has 1 aromatic heterocycles. The van der Waals surface area contributed by atoms with Gasteiger partial charge in [-0.2, -0.15) is 0 Å². The smallest absolute Gasteiger partial charge is 0.221 e. The molecule has 1 aromatic carbocycles. The van der Waals surface area contributed by atoms with E-state index in [1.807, 2.05) is 36.4 Å². The second-order valence-electron chi connectivity index (χ2n) is 7.19. The van der Waals surface area contributed by atoms with Gasteiger partial charge in [0.2, 0.25) is 5.91 Å². The first-order chi connectivity index (χ1) is 13.1. The van der Waals surface area contributed by atoms with Crippen LogP contribution in [0.25, 0.3) is 0 Å². The number of carbonyl (C=O) groups is 2. The fraction of sp³-hybridized carbons (Fsp3) is 0.409. The molecule has 1 amide bonds. The number of hydrogen-bond donors (Lipinski definition) is 1. The largest absolute Gasteiger partial charge is 0.350 e. The van der Waals surface area contributed by atoms with Crippen molar-refractivity contribution in [2.45, 2.75) is 38.1 Å². The molecule has 5 heteroatoms. The van der Waals surface area contributed by atoms with Crippen LogP contribution in [0.1, 0.15) is 37.4 Å². The average molecular weight is 365 g/mol. The molecule has 1 fully saturated rings. The van der Waals surface area contributed by atoms with Gasteiger partial charge in [-0.25, -0.2) is 0 Å². The maximum Gasteiger partial charge on any atom is 0.221 e. The third kappa shape index (κ3) is 4.80. The standard InChI is InChI=1S/C22H27N3O2/c1-18(26)22(19-7-3-2-4-8-19)11-15-25(16-12-22)14-10-21(27)24-17-20-9-5-6-13-23-20/h2-9,13H,10-12,14-17H2,1H3,(H,24,27). The maximum atomic E-state index is 12.4. The second kappa shape index (κ2) is 8.91. The number of benzene rings is 1. The first-order valence-electron chi connectivity index (χ1n) is 9.56. The summed E-state index contributed by atoms with van der Waals surface area (Å²) in [5, 5.41) is 2.92. The second-order valence-corrected chi connectivity index (χ2v) is 7.19. The predicted molar refractivity (Wildman–Crippen MR) is 105 cm³/mol. The molecule has 1 aliphatic rings. The van der Waals surface area contributed by atoms with Crippen LogP contribution in [-0.2, 0) is 21.5 Å². The Morgan fingerprint density at radius 1 is 1.07 bits per heavy atom. The minimum Gasteiger partial charge on any atom is -0.350 e. The molecule has 0 saturated carbocycles. The number of amides is 1. The molecule has 0 bridgehead atoms. The molecule has 0 spiro atoms. The number of piperidine rings is 1. The van der Waals surface area contributed by atoms with Crippen molar-refractivity contribution >= 4 is 11.7 Å². The van der Waals surface area contributed by atoms with Crippen LogP contribution < -0.4 is 5.32 Å². The highest BCUT2D eigenvalue weighted by Crippen LogP contribution is 2.36. The van der Waals surface area contributed by atoms with E-state index in [4.69, 9.17) is 0 Å². The minimum absolute atomic E-state index is 0.0344. The molecule has 0 unspecified atom stereocenters. The third-order valence-electron chi connectivity index (χ3n) is 5.56. The summed E-state index contributed by atoms with van der Waals surface area (Å²) in [4.78, 5) is 31.0. The van der Waals surface area contributed by atoms with E-state index in [2.05, 4.69) is 27.3 Å². The van der Waals surface area contributed by atoms with Gasteiger partial charge in [0.05, 0.1) is 17.7 Å². The van der Waals surface area contributed by atoms with Crippen LogP contribution >= 0.6 is 0 Å². The zero-order valence-electron chi connectivity index (χ0n) is 15.9. The van der Waals surface area contributed by atoms with Crippen LogP contribution in [0.3, 0.4) is 0 Å². The highest BCUT2D eigenvalue weighted by Gasteiger charge is 2.40. The van der Waals surface area contributed by atoms with Gasteiger partial charge in [-0.15, -0.1) is 0 Å². The lowest BCUT2D eigenvalue weighted by atomic mass is 9.70. The molecule has 3 rings (SSSR count). The number of Topliss-reactive ketones (excluding diaryl/α,β-unsaturated/α-hetero) is 1. The summed E-state index contributed by atoms with van der Waals surface area (Å²) < 4.78 is 0. The first kappa shape index (κ1) is 19.2. The summed E-state index contributed by atoms with van der Waals surface area (Å²) in [7, 11) is 0. The number of hydrogen-bond acceptors (Lipinski definition) is 4. The van der Waals surface area contributed by atoms with Gasteiger partial charge < -0.3 is 10.2 Å². The van der Waals surface area contributed by atoms with E-state index in [9.17, 15) is 9.59 Å². The van der Waals surface area contributed by atoms with E-state index in [1.165, 1.54) is 0 Å². The molecule has 1 aliphatic heterocycles. The number of nitrogens with one attached hydrogen (secondary N) is 1. The SMILES string of the molecule is CC(=O)C1(c2ccccc2)CCN(CCC(=O)NCc2ccccn2)CC1. The van der Waals surface area contributed by atoms with Gasteiger partial charge in [0.15, 0.2) is 0 Å². The van der Waals surface area contributed by atoms with Crippen LogP contribution in [-0.4, -0.2) is 41.2 Å². The van der Waals surface area contributed by atoms with E-state index >= 15 is 0 Å². The van der Waals surface area contributed by atoms with Crippen LogP contribution in [0.2, 0.25) is 0 Å². The topological polar surface area (TPSA) is 62.3 Å². The van der Waals surface area contributed by atoms with Crippen molar-refractivity contribution < 1.29 is 9.59 Å². The normalized spacial score (nSPS) is 16.6. The van der Waals surface area contributed by atoms with E-state index in [1.54, 1.807) is 13.1 Å². The summed E-state index contributed by atoms with van der Waals surface area (Å²) in [5.74, 6) is 0.272. The molecule has 0 atom stereocenters. The predicted octanol–water partition coefficient (Wildman–Crippen LogP) is 2.71. The summed E-state index contributed by atoms with van der Waals surface area (Å²) in [6, 6.07) is 15.8. The zero-order valence-corrected chi connectivity index (χ0v) is 15.9. The lowest BCUT2D eigenvalue weighted by Crippen LogP contribution is -2.47. The minimum atomic E-state index is -0.376. The summed E-state index contributed by atoms with van der Waals surface area (Å²) in [5.41, 5.74) is 1.60. The highest BCUT2D eigenvalue weighted by molar-refractivity contribution is 5.88. The van der Waals surface area contributed by atoms with Crippen LogP contribution in [0, 0.1) is 0 Å². The number of ketones is 1. The quantitative estimate of drug-likeness (QED) is 0.819. The Hall–Kier alpha value is -2.53. The van der Waals surface area contributed by atoms with E-state index in [-0.39, 0.29) is 17.1 Å². The molecular weight excluding hydrogens is 338 g/mol. The van der Waals surface area contributed by atoms with Crippen molar-refractivity contribution in [3.8, 4) is 0 Å². The zero-order chi connectivity index (χ0) is 19.1. The van der Waals surface area contributed by atoms with Crippen LogP contribution in [0.5, 0.6) is 0 Å². The Bertz CT molecular complexity index is 754. The Labute approximate surface area is 160 Å². The van der Waals surface area contributed by atoms with Gasteiger partial charge >= 0.3 is 0 Å². The van der Waals surface area contributed by atoms with Gasteiger partial charge in [0, 0.05) is 19.2 Å². The molecular formula is C22H27N3O2. The first-order valence-corrected chi connectivity index (χ1v) is 9.56. The summed E-state index contributed by atoms with van der Waals surface area (Å²) in [6.07, 6.45) is 3.80. The Kier molecular flexibility index (Phi) is 6.35. The number of rotatable bonds is 7. The lowest BCUT2D eigenvalue weighted by molar-refractivity contribution is -0.125. The summed E-state index contributed by atoms with van der Waals surface area (Å²) >= 11 is 0. The molecule has 2 heterocycles. The lowest BCUT2D eigenvalue weighted by Gasteiger charge is -2.40. The molecule has 2 aromatic rings. The number of aromatic nitrogens is 1. The molecule has 1 saturated heterocycles. The summed E-state index contributed by atoms with van der Waals surface area (Å²) in [6.45, 7) is 4.55. The molecule has 142 valence electrons. The van der Waals surface area contributed by atoms with E-state index in [0.717, 1.165) is 43.7 Å². The van der Waals surface area contributed by atoms with Gasteiger partial charge in [-0.1, -0.05) is 36.4 Å². The van der Waals surface area contributed by atoms with Crippen LogP contribution in [0.15, 0.2) is 54.7 Å². The third-order valence-corrected chi connectivity index (χ3v) is 5.56. The molecule has 0 radical (unpaired) electrons. The van der Waals surface area contributed by atoms with E-state index in [0.29, 0.717) is 13.0 Å². The number of likely N-dealkylation sites (tertiary alicyclic amines) is 1. The highest BCUT2D eigenvalue weighted by atomic mass is 16.1. The van der Waals surface area contributed by atoms with Gasteiger partial charge in [0.1, 0.15) is 5.78 Å². The number of pyridine rings is 1. The van der Waals surface area contributed by atoms with Gasteiger partial charge in [0.25, 0.3) is 0 Å². The fourth-order valence-electron chi connectivity index (χ4n) is 3.80. The van der Waals surface area contributed by atoms with Gasteiger partial charge in [-0.05, 0) is 50.6 Å². The van der Waals surface area contributed by atoms with E-state index < -0.39 is 0 Å². The van der Waals surface area contributed by atoms with Crippen molar-refractivity contribution in [3.05, 3.63) is 66.0 Å². The number of carbonyl (C=O) groups excluding carboxylic acids is 2. The Morgan fingerprint density at radius 2 is 1.78 bits per heavy atom. The average Bonchev–Trinajstić information content (AvgIpc) is 2.72. The Balaban J connectivity index is 1.47. The van der Waals surface area contributed by atoms with Crippen molar-refractivity contribution in [1.29, 1.82) is 0 Å². The maximum absolute atomic E-state index is 12.4. The van der Waals surface area contributed by atoms with Crippen molar-refractivity contribution in [1.82, 2.24) is 15.2 Å². The molecule has 27 heavy (non-hydrogen) atoms. The molecule has 5 nitrogen and oxygen atoms in total. The fourth-order valence-corrected chi connectivity index (χ4v) is 3.80. The van der Waals surface area contributed by atoms with Crippen LogP contribution in [0.4, 0.5) is 0 Å². The monoisotopic (exact) mass is 365 g/mol. The van der Waals surface area contributed by atoms with Crippen molar-refractivity contribution in [2.75, 3.05) is 19.6 Å². The molecule has 0 aliphatic carbocycles. The van der Waals surface area contributed by atoms with Crippen molar-refractivity contribution in [2.24, 2.45) is 0 Å². The number of nitrogens with zero attached hydrogens (tertiary/aromatic N) is 2. The Morgan fingerprint density at radius 3 is 2.41 bits per heavy atom. The van der Waals surface area contributed by atoms with Crippen molar-refractivity contribution in [3.63, 3.8) is 0 Å². The van der Waals surface area contributed by atoms with Gasteiger partial charge in [-0.3, -0.25) is 14.6 Å². The molecule has 1 N–H and O–H groups in total.